The Labute approximate surface area is 271 Å². The average Bonchev–Trinajstić information content (AvgIpc) is 3.36. The van der Waals surface area contributed by atoms with Gasteiger partial charge in [-0.05, 0) is 71.0 Å². The highest BCUT2D eigenvalue weighted by atomic mass is 32.1. The molecule has 1 aliphatic rings. The van der Waals surface area contributed by atoms with Crippen LogP contribution < -0.4 is 24.4 Å². The largest absolute Gasteiger partial charge is 0.493 e. The van der Waals surface area contributed by atoms with Crippen molar-refractivity contribution < 1.29 is 19.0 Å². The fourth-order valence-corrected chi connectivity index (χ4v) is 6.84. The summed E-state index contributed by atoms with van der Waals surface area (Å²) < 4.78 is 19.4. The summed E-state index contributed by atoms with van der Waals surface area (Å²) in [7, 11) is 1.60. The second-order valence-electron chi connectivity index (χ2n) is 11.5. The minimum atomic E-state index is -0.655. The number of hydrogen-bond acceptors (Lipinski definition) is 7. The van der Waals surface area contributed by atoms with Crippen molar-refractivity contribution in [2.75, 3.05) is 13.7 Å². The number of nitrogens with zero attached hydrogens (tertiary/aromatic N) is 2. The number of allylic oxidation sites excluding steroid dienone is 1. The van der Waals surface area contributed by atoms with Gasteiger partial charge in [-0.1, -0.05) is 98.0 Å². The summed E-state index contributed by atoms with van der Waals surface area (Å²) in [6.45, 7) is 8.43. The molecule has 0 amide bonds. The molecular weight excluding hydrogens is 596 g/mol. The van der Waals surface area contributed by atoms with E-state index in [9.17, 15) is 9.59 Å². The summed E-state index contributed by atoms with van der Waals surface area (Å²) in [6, 6.07) is 27.4. The van der Waals surface area contributed by atoms with Crippen LogP contribution in [0.5, 0.6) is 11.5 Å². The summed E-state index contributed by atoms with van der Waals surface area (Å²) in [5.74, 6) is 1.04. The van der Waals surface area contributed by atoms with E-state index in [4.69, 9.17) is 19.2 Å². The first-order valence-corrected chi connectivity index (χ1v) is 16.2. The molecule has 0 N–H and O–H groups in total. The Kier molecular flexibility index (Phi) is 8.90. The number of fused-ring (bicyclic) bond motifs is 2. The van der Waals surface area contributed by atoms with Gasteiger partial charge < -0.3 is 14.2 Å². The number of ether oxygens (including phenoxy) is 3. The van der Waals surface area contributed by atoms with E-state index in [0.29, 0.717) is 44.6 Å². The third-order valence-corrected chi connectivity index (χ3v) is 9.17. The van der Waals surface area contributed by atoms with Crippen molar-refractivity contribution in [2.45, 2.75) is 46.3 Å². The Morgan fingerprint density at radius 3 is 2.50 bits per heavy atom. The summed E-state index contributed by atoms with van der Waals surface area (Å²) in [6.07, 6.45) is 1.82. The normalized spacial score (nSPS) is 14.7. The number of aromatic nitrogens is 1. The number of methoxy groups -OCH3 is 1. The highest BCUT2D eigenvalue weighted by Gasteiger charge is 2.33. The molecule has 0 spiro atoms. The maximum atomic E-state index is 14.0. The van der Waals surface area contributed by atoms with Gasteiger partial charge in [0.15, 0.2) is 16.3 Å². The van der Waals surface area contributed by atoms with Crippen LogP contribution in [0.4, 0.5) is 0 Å². The minimum absolute atomic E-state index is 0.225. The van der Waals surface area contributed by atoms with Crippen LogP contribution in [0.3, 0.4) is 0 Å². The zero-order valence-electron chi connectivity index (χ0n) is 26.6. The molecule has 8 heteroatoms. The zero-order chi connectivity index (χ0) is 32.4. The molecule has 2 heterocycles. The van der Waals surface area contributed by atoms with Crippen LogP contribution in [0.1, 0.15) is 61.9 Å². The zero-order valence-corrected chi connectivity index (χ0v) is 27.4. The molecule has 0 bridgehead atoms. The molecule has 0 radical (unpaired) electrons. The van der Waals surface area contributed by atoms with Crippen LogP contribution in [-0.2, 0) is 16.1 Å². The van der Waals surface area contributed by atoms with Gasteiger partial charge in [0, 0.05) is 0 Å². The standard InChI is InChI=1S/C38H36N2O5S/c1-6-44-37(42)34-24(4)39-38-40(35(34)28-17-15-26(16-18-28)23(2)3)36(41)33(46-38)21-25-14-19-31(32(20-25)43-5)45-22-29-12-9-11-27-10-7-8-13-30(27)29/h7-21,23,35H,6,22H2,1-5H3/b33-21-/t35-/m1/s1. The molecule has 1 atom stereocenters. The van der Waals surface area contributed by atoms with Crippen LogP contribution in [0.2, 0.25) is 0 Å². The molecule has 0 aliphatic carbocycles. The lowest BCUT2D eigenvalue weighted by atomic mass is 9.93. The lowest BCUT2D eigenvalue weighted by Crippen LogP contribution is -2.39. The van der Waals surface area contributed by atoms with E-state index in [-0.39, 0.29) is 12.2 Å². The van der Waals surface area contributed by atoms with Gasteiger partial charge in [-0.2, -0.15) is 0 Å². The molecule has 1 aromatic heterocycles. The molecule has 7 nitrogen and oxygen atoms in total. The van der Waals surface area contributed by atoms with Gasteiger partial charge in [-0.25, -0.2) is 9.79 Å². The summed E-state index contributed by atoms with van der Waals surface area (Å²) in [4.78, 5) is 32.5. The number of esters is 1. The molecule has 0 unspecified atom stereocenters. The summed E-state index contributed by atoms with van der Waals surface area (Å²) in [5, 5.41) is 2.30. The minimum Gasteiger partial charge on any atom is -0.493 e. The van der Waals surface area contributed by atoms with E-state index in [0.717, 1.165) is 27.5 Å². The number of rotatable bonds is 9. The van der Waals surface area contributed by atoms with E-state index >= 15 is 0 Å². The molecule has 234 valence electrons. The Morgan fingerprint density at radius 1 is 1.00 bits per heavy atom. The highest BCUT2D eigenvalue weighted by Crippen LogP contribution is 2.32. The molecule has 6 rings (SSSR count). The van der Waals surface area contributed by atoms with Gasteiger partial charge in [-0.15, -0.1) is 0 Å². The van der Waals surface area contributed by atoms with Crippen molar-refractivity contribution in [3.8, 4) is 11.5 Å². The third-order valence-electron chi connectivity index (χ3n) is 8.18. The van der Waals surface area contributed by atoms with E-state index in [1.807, 2.05) is 66.7 Å². The van der Waals surface area contributed by atoms with Gasteiger partial charge in [0.05, 0.1) is 35.6 Å². The first-order chi connectivity index (χ1) is 22.3. The van der Waals surface area contributed by atoms with Gasteiger partial charge >= 0.3 is 5.97 Å². The summed E-state index contributed by atoms with van der Waals surface area (Å²) >= 11 is 1.29. The van der Waals surface area contributed by atoms with E-state index in [1.165, 1.54) is 16.9 Å². The van der Waals surface area contributed by atoms with E-state index in [2.05, 4.69) is 38.1 Å². The molecule has 0 saturated carbocycles. The van der Waals surface area contributed by atoms with Gasteiger partial charge in [0.2, 0.25) is 0 Å². The summed E-state index contributed by atoms with van der Waals surface area (Å²) in [5.41, 5.74) is 4.53. The van der Waals surface area contributed by atoms with E-state index < -0.39 is 12.0 Å². The van der Waals surface area contributed by atoms with Crippen molar-refractivity contribution in [1.82, 2.24) is 4.57 Å². The van der Waals surface area contributed by atoms with Gasteiger partial charge in [0.1, 0.15) is 6.61 Å². The maximum Gasteiger partial charge on any atom is 0.338 e. The third kappa shape index (κ3) is 6.00. The fraction of sp³-hybridized carbons (Fsp3) is 0.237. The van der Waals surface area contributed by atoms with Crippen LogP contribution in [0.25, 0.3) is 16.8 Å². The second-order valence-corrected chi connectivity index (χ2v) is 12.5. The van der Waals surface area contributed by atoms with Crippen LogP contribution >= 0.6 is 11.3 Å². The number of thiazole rings is 1. The molecule has 5 aromatic rings. The maximum absolute atomic E-state index is 14.0. The number of carbonyl (C=O) groups excluding carboxylic acids is 1. The Morgan fingerprint density at radius 2 is 1.76 bits per heavy atom. The quantitative estimate of drug-likeness (QED) is 0.170. The highest BCUT2D eigenvalue weighted by molar-refractivity contribution is 7.07. The predicted octanol–water partition coefficient (Wildman–Crippen LogP) is 6.66. The molecule has 46 heavy (non-hydrogen) atoms. The van der Waals surface area contributed by atoms with Crippen molar-refractivity contribution >= 4 is 34.2 Å². The predicted molar refractivity (Wildman–Crippen MR) is 182 cm³/mol. The smallest absolute Gasteiger partial charge is 0.338 e. The Hall–Kier alpha value is -4.95. The van der Waals surface area contributed by atoms with Gasteiger partial charge in [-0.3, -0.25) is 9.36 Å². The first kappa shape index (κ1) is 31.0. The lowest BCUT2D eigenvalue weighted by molar-refractivity contribution is -0.139. The van der Waals surface area contributed by atoms with Crippen molar-refractivity contribution in [3.63, 3.8) is 0 Å². The van der Waals surface area contributed by atoms with Crippen LogP contribution in [0, 0.1) is 0 Å². The van der Waals surface area contributed by atoms with Crippen LogP contribution in [0.15, 0.2) is 106 Å². The lowest BCUT2D eigenvalue weighted by Gasteiger charge is -2.25. The first-order valence-electron chi connectivity index (χ1n) is 15.4. The number of carbonyl (C=O) groups is 1. The Bertz CT molecular complexity index is 2140. The fourth-order valence-electron chi connectivity index (χ4n) is 5.79. The number of hydrogen-bond donors (Lipinski definition) is 0. The monoisotopic (exact) mass is 632 g/mol. The molecule has 4 aromatic carbocycles. The molecular formula is C38H36N2O5S. The topological polar surface area (TPSA) is 79.1 Å². The SMILES string of the molecule is CCOC(=O)C1=C(C)N=c2s/c(=C\c3ccc(OCc4cccc5ccccc45)c(OC)c3)c(=O)n2[C@@H]1c1ccc(C(C)C)cc1. The number of benzene rings is 4. The molecule has 0 saturated heterocycles. The average molecular weight is 633 g/mol. The molecule has 0 fully saturated rings. The Balaban J connectivity index is 1.36. The van der Waals surface area contributed by atoms with Crippen molar-refractivity contribution in [1.29, 1.82) is 0 Å². The van der Waals surface area contributed by atoms with Gasteiger partial charge in [0.25, 0.3) is 5.56 Å². The van der Waals surface area contributed by atoms with Crippen molar-refractivity contribution in [3.05, 3.63) is 138 Å². The van der Waals surface area contributed by atoms with E-state index in [1.54, 1.807) is 25.5 Å². The van der Waals surface area contributed by atoms with Crippen LogP contribution in [-0.4, -0.2) is 24.3 Å². The van der Waals surface area contributed by atoms with Crippen molar-refractivity contribution in [2.24, 2.45) is 4.99 Å². The molecule has 1 aliphatic heterocycles. The second kappa shape index (κ2) is 13.2.